The quantitative estimate of drug-likeness (QED) is 0.752. The molecule has 0 saturated heterocycles. The van der Waals surface area contributed by atoms with Gasteiger partial charge in [-0.25, -0.2) is 0 Å². The summed E-state index contributed by atoms with van der Waals surface area (Å²) in [6, 6.07) is 0. The molecule has 0 aromatic heterocycles. The predicted molar refractivity (Wildman–Crippen MR) is 55.7 cm³/mol. The fraction of sp³-hybridized carbons (Fsp3) is 0.909. The summed E-state index contributed by atoms with van der Waals surface area (Å²) in [7, 11) is 1.75. The van der Waals surface area contributed by atoms with Crippen LogP contribution in [0.3, 0.4) is 0 Å². The molecule has 1 fully saturated rings. The van der Waals surface area contributed by atoms with Crippen molar-refractivity contribution >= 4 is 5.91 Å². The lowest BCUT2D eigenvalue weighted by atomic mass is 9.70. The molecule has 1 aliphatic rings. The summed E-state index contributed by atoms with van der Waals surface area (Å²) in [5.41, 5.74) is 5.04. The molecule has 0 aromatic rings. The van der Waals surface area contributed by atoms with E-state index < -0.39 is 0 Å². The SMILES string of the molecule is CO[C@H]1CC[C@@H](C(C)(C)C(N)=O)CC1. The highest BCUT2D eigenvalue weighted by molar-refractivity contribution is 5.80. The Balaban J connectivity index is 2.53. The van der Waals surface area contributed by atoms with Crippen molar-refractivity contribution in [3.05, 3.63) is 0 Å². The van der Waals surface area contributed by atoms with Crippen molar-refractivity contribution in [1.29, 1.82) is 0 Å². The van der Waals surface area contributed by atoms with Gasteiger partial charge in [-0.15, -0.1) is 0 Å². The molecule has 0 unspecified atom stereocenters. The Morgan fingerprint density at radius 2 is 1.79 bits per heavy atom. The molecule has 0 atom stereocenters. The van der Waals surface area contributed by atoms with Crippen molar-refractivity contribution in [2.24, 2.45) is 17.1 Å². The van der Waals surface area contributed by atoms with Gasteiger partial charge < -0.3 is 10.5 Å². The fourth-order valence-corrected chi connectivity index (χ4v) is 2.22. The van der Waals surface area contributed by atoms with Crippen molar-refractivity contribution in [1.82, 2.24) is 0 Å². The summed E-state index contributed by atoms with van der Waals surface area (Å²) in [6.07, 6.45) is 4.59. The number of ether oxygens (including phenoxy) is 1. The third kappa shape index (κ3) is 2.27. The zero-order valence-corrected chi connectivity index (χ0v) is 9.38. The number of carbonyl (C=O) groups excluding carboxylic acids is 1. The van der Waals surface area contributed by atoms with E-state index >= 15 is 0 Å². The first kappa shape index (κ1) is 11.5. The molecule has 0 bridgehead atoms. The van der Waals surface area contributed by atoms with E-state index in [2.05, 4.69) is 0 Å². The first-order valence-corrected chi connectivity index (χ1v) is 5.31. The summed E-state index contributed by atoms with van der Waals surface area (Å²) < 4.78 is 5.30. The molecule has 1 saturated carbocycles. The van der Waals surface area contributed by atoms with E-state index in [9.17, 15) is 4.79 Å². The van der Waals surface area contributed by atoms with Crippen LogP contribution in [-0.2, 0) is 9.53 Å². The number of hydrogen-bond acceptors (Lipinski definition) is 2. The second kappa shape index (κ2) is 4.30. The van der Waals surface area contributed by atoms with Gasteiger partial charge in [0.25, 0.3) is 0 Å². The number of rotatable bonds is 3. The van der Waals surface area contributed by atoms with Gasteiger partial charge in [0.1, 0.15) is 0 Å². The van der Waals surface area contributed by atoms with E-state index in [4.69, 9.17) is 10.5 Å². The maximum atomic E-state index is 11.3. The highest BCUT2D eigenvalue weighted by Gasteiger charge is 2.37. The second-order valence-electron chi connectivity index (χ2n) is 4.80. The molecule has 82 valence electrons. The number of amides is 1. The van der Waals surface area contributed by atoms with Crippen LogP contribution in [0.15, 0.2) is 0 Å². The maximum Gasteiger partial charge on any atom is 0.223 e. The molecule has 0 spiro atoms. The Morgan fingerprint density at radius 3 is 2.14 bits per heavy atom. The molecule has 14 heavy (non-hydrogen) atoms. The lowest BCUT2D eigenvalue weighted by Crippen LogP contribution is -2.40. The van der Waals surface area contributed by atoms with Crippen LogP contribution in [0.25, 0.3) is 0 Å². The van der Waals surface area contributed by atoms with Crippen molar-refractivity contribution < 1.29 is 9.53 Å². The molecular weight excluding hydrogens is 178 g/mol. The van der Waals surface area contributed by atoms with Crippen molar-refractivity contribution in [3.63, 3.8) is 0 Å². The molecule has 3 heteroatoms. The molecule has 0 aromatic carbocycles. The van der Waals surface area contributed by atoms with E-state index in [1.165, 1.54) is 0 Å². The van der Waals surface area contributed by atoms with Crippen molar-refractivity contribution in [2.75, 3.05) is 7.11 Å². The molecule has 0 heterocycles. The van der Waals surface area contributed by atoms with E-state index in [1.807, 2.05) is 13.8 Å². The fourth-order valence-electron chi connectivity index (χ4n) is 2.22. The first-order valence-electron chi connectivity index (χ1n) is 5.31. The highest BCUT2D eigenvalue weighted by atomic mass is 16.5. The Kier molecular flexibility index (Phi) is 3.53. The molecule has 0 aliphatic heterocycles. The summed E-state index contributed by atoms with van der Waals surface area (Å²) in [6.45, 7) is 3.90. The van der Waals surface area contributed by atoms with Crippen LogP contribution < -0.4 is 5.73 Å². The number of nitrogens with two attached hydrogens (primary N) is 1. The van der Waals surface area contributed by atoms with Crippen LogP contribution in [0.2, 0.25) is 0 Å². The normalized spacial score (nSPS) is 28.8. The Morgan fingerprint density at radius 1 is 1.29 bits per heavy atom. The van der Waals surface area contributed by atoms with Gasteiger partial charge in [-0.1, -0.05) is 13.8 Å². The van der Waals surface area contributed by atoms with Crippen LogP contribution in [0.1, 0.15) is 39.5 Å². The summed E-state index contributed by atoms with van der Waals surface area (Å²) >= 11 is 0. The van der Waals surface area contributed by atoms with Crippen LogP contribution in [-0.4, -0.2) is 19.1 Å². The van der Waals surface area contributed by atoms with Crippen LogP contribution in [0.4, 0.5) is 0 Å². The average Bonchev–Trinajstić information content (AvgIpc) is 2.17. The summed E-state index contributed by atoms with van der Waals surface area (Å²) in [5, 5.41) is 0. The topological polar surface area (TPSA) is 52.3 Å². The van der Waals surface area contributed by atoms with Gasteiger partial charge in [-0.3, -0.25) is 4.79 Å². The zero-order chi connectivity index (χ0) is 10.8. The average molecular weight is 199 g/mol. The van der Waals surface area contributed by atoms with Gasteiger partial charge in [0.2, 0.25) is 5.91 Å². The van der Waals surface area contributed by atoms with Gasteiger partial charge in [0.05, 0.1) is 6.10 Å². The highest BCUT2D eigenvalue weighted by Crippen LogP contribution is 2.38. The van der Waals surface area contributed by atoms with Gasteiger partial charge in [0, 0.05) is 12.5 Å². The third-order valence-electron chi connectivity index (χ3n) is 3.66. The minimum Gasteiger partial charge on any atom is -0.381 e. The lowest BCUT2D eigenvalue weighted by Gasteiger charge is -2.36. The number of methoxy groups -OCH3 is 1. The van der Waals surface area contributed by atoms with Gasteiger partial charge in [-0.05, 0) is 31.6 Å². The van der Waals surface area contributed by atoms with Gasteiger partial charge in [0.15, 0.2) is 0 Å². The first-order chi connectivity index (χ1) is 6.48. The summed E-state index contributed by atoms with van der Waals surface area (Å²) in [4.78, 5) is 11.3. The van der Waals surface area contributed by atoms with Crippen LogP contribution >= 0.6 is 0 Å². The Labute approximate surface area is 86.0 Å². The van der Waals surface area contributed by atoms with Gasteiger partial charge >= 0.3 is 0 Å². The second-order valence-corrected chi connectivity index (χ2v) is 4.80. The molecule has 1 rings (SSSR count). The summed E-state index contributed by atoms with van der Waals surface area (Å²) in [5.74, 6) is 0.241. The number of hydrogen-bond donors (Lipinski definition) is 1. The van der Waals surface area contributed by atoms with Crippen LogP contribution in [0.5, 0.6) is 0 Å². The third-order valence-corrected chi connectivity index (χ3v) is 3.66. The van der Waals surface area contributed by atoms with E-state index in [-0.39, 0.29) is 11.3 Å². The predicted octanol–water partition coefficient (Wildman–Crippen LogP) is 1.70. The molecule has 0 radical (unpaired) electrons. The van der Waals surface area contributed by atoms with Crippen LogP contribution in [0, 0.1) is 11.3 Å². The number of carbonyl (C=O) groups is 1. The maximum absolute atomic E-state index is 11.3. The van der Waals surface area contributed by atoms with E-state index in [1.54, 1.807) is 7.11 Å². The standard InChI is InChI=1S/C11H21NO2/c1-11(2,10(12)13)8-4-6-9(14-3)7-5-8/h8-9H,4-7H2,1-3H3,(H2,12,13)/t8-,9+. The molecule has 1 aliphatic carbocycles. The Bertz CT molecular complexity index is 205. The molecule has 1 amide bonds. The molecular formula is C11H21NO2. The molecule has 3 nitrogen and oxygen atoms in total. The Hall–Kier alpha value is -0.570. The lowest BCUT2D eigenvalue weighted by molar-refractivity contribution is -0.130. The van der Waals surface area contributed by atoms with E-state index in [0.717, 1.165) is 25.7 Å². The van der Waals surface area contributed by atoms with Crippen molar-refractivity contribution in [3.8, 4) is 0 Å². The van der Waals surface area contributed by atoms with Crippen molar-refractivity contribution in [2.45, 2.75) is 45.6 Å². The minimum absolute atomic E-state index is 0.182. The largest absolute Gasteiger partial charge is 0.381 e. The zero-order valence-electron chi connectivity index (χ0n) is 9.38. The number of primary amides is 1. The van der Waals surface area contributed by atoms with Gasteiger partial charge in [-0.2, -0.15) is 0 Å². The minimum atomic E-state index is -0.362. The molecule has 2 N–H and O–H groups in total. The van der Waals surface area contributed by atoms with E-state index in [0.29, 0.717) is 12.0 Å². The smallest absolute Gasteiger partial charge is 0.223 e. The monoisotopic (exact) mass is 199 g/mol.